The Kier molecular flexibility index (Phi) is 4.73. The van der Waals surface area contributed by atoms with Crippen LogP contribution in [0.1, 0.15) is 52.4 Å². The number of benzene rings is 2. The molecule has 0 saturated carbocycles. The third-order valence-electron chi connectivity index (χ3n) is 6.27. The summed E-state index contributed by atoms with van der Waals surface area (Å²) in [5.74, 6) is 0.497. The molecule has 7 heteroatoms. The van der Waals surface area contributed by atoms with E-state index >= 15 is 0 Å². The molecule has 0 saturated heterocycles. The van der Waals surface area contributed by atoms with Crippen LogP contribution in [-0.2, 0) is 11.2 Å². The second kappa shape index (κ2) is 7.78. The van der Waals surface area contributed by atoms with E-state index in [9.17, 15) is 9.59 Å². The van der Waals surface area contributed by atoms with Crippen LogP contribution in [0.15, 0.2) is 70.7 Å². The second-order valence-corrected chi connectivity index (χ2v) is 9.59. The molecule has 1 aliphatic heterocycles. The summed E-state index contributed by atoms with van der Waals surface area (Å²) >= 11 is 1.39. The maximum atomic E-state index is 13.7. The molecule has 0 amide bonds. The normalized spacial score (nSPS) is 17.6. The number of ether oxygens (including phenoxy) is 1. The minimum atomic E-state index is -0.492. The van der Waals surface area contributed by atoms with Crippen molar-refractivity contribution in [2.24, 2.45) is 0 Å². The van der Waals surface area contributed by atoms with Gasteiger partial charge in [-0.05, 0) is 24.5 Å². The van der Waals surface area contributed by atoms with Crippen molar-refractivity contribution in [1.82, 2.24) is 14.6 Å². The van der Waals surface area contributed by atoms with Gasteiger partial charge in [0, 0.05) is 24.8 Å². The van der Waals surface area contributed by atoms with Crippen molar-refractivity contribution in [3.8, 4) is 5.88 Å². The molecule has 6 nitrogen and oxygen atoms in total. The molecule has 0 fully saturated rings. The Balaban J connectivity index is 1.53. The van der Waals surface area contributed by atoms with Crippen LogP contribution in [0.5, 0.6) is 5.88 Å². The van der Waals surface area contributed by atoms with Gasteiger partial charge in [0.25, 0.3) is 5.56 Å². The van der Waals surface area contributed by atoms with Crippen LogP contribution in [0.25, 0.3) is 4.96 Å². The molecule has 1 aliphatic carbocycles. The van der Waals surface area contributed by atoms with Crippen LogP contribution in [-0.4, -0.2) is 20.4 Å². The zero-order chi connectivity index (χ0) is 22.5. The van der Waals surface area contributed by atoms with Crippen LogP contribution in [0.3, 0.4) is 0 Å². The van der Waals surface area contributed by atoms with E-state index in [0.29, 0.717) is 47.0 Å². The molecule has 0 N–H and O–H groups in total. The van der Waals surface area contributed by atoms with Gasteiger partial charge in [-0.15, -0.1) is 0 Å². The summed E-state index contributed by atoms with van der Waals surface area (Å²) in [5.41, 5.74) is 3.84. The summed E-state index contributed by atoms with van der Waals surface area (Å²) in [5, 5.41) is 5.38. The monoisotopic (exact) mass is 455 g/mol. The van der Waals surface area contributed by atoms with Crippen molar-refractivity contribution in [3.63, 3.8) is 0 Å². The molecule has 4 aromatic rings. The lowest BCUT2D eigenvalue weighted by Crippen LogP contribution is -2.32. The maximum Gasteiger partial charge on any atom is 0.283 e. The Bertz CT molecular complexity index is 1480. The number of fused-ring (bicyclic) bond motifs is 2. The molecule has 2 aromatic heterocycles. The first-order valence-electron chi connectivity index (χ1n) is 11.1. The number of rotatable bonds is 3. The van der Waals surface area contributed by atoms with Crippen LogP contribution < -0.4 is 10.3 Å². The van der Waals surface area contributed by atoms with Crippen molar-refractivity contribution >= 4 is 22.1 Å². The van der Waals surface area contributed by atoms with Gasteiger partial charge in [0.2, 0.25) is 10.8 Å². The lowest BCUT2D eigenvalue weighted by atomic mass is 9.78. The van der Waals surface area contributed by atoms with Gasteiger partial charge in [0.15, 0.2) is 5.78 Å². The maximum absolute atomic E-state index is 13.7. The number of carbonyl (C=O) groups excluding carboxylic acids is 1. The van der Waals surface area contributed by atoms with E-state index in [2.05, 4.69) is 5.10 Å². The molecule has 1 unspecified atom stereocenters. The van der Waals surface area contributed by atoms with E-state index in [1.54, 1.807) is 0 Å². The summed E-state index contributed by atoms with van der Waals surface area (Å²) in [6.07, 6.45) is 2.51. The highest BCUT2D eigenvalue weighted by molar-refractivity contribution is 7.16. The molecule has 1 atom stereocenters. The highest BCUT2D eigenvalue weighted by atomic mass is 32.1. The minimum absolute atomic E-state index is 0.0417. The quantitative estimate of drug-likeness (QED) is 0.452. The van der Waals surface area contributed by atoms with E-state index < -0.39 is 5.92 Å². The van der Waals surface area contributed by atoms with Gasteiger partial charge < -0.3 is 4.74 Å². The predicted octanol–water partition coefficient (Wildman–Crippen LogP) is 4.58. The fourth-order valence-corrected chi connectivity index (χ4v) is 5.57. The number of nitrogens with zero attached hydrogens (tertiary/aromatic N) is 3. The fraction of sp³-hybridized carbons (Fsp3) is 0.231. The Morgan fingerprint density at radius 3 is 2.64 bits per heavy atom. The first-order valence-corrected chi connectivity index (χ1v) is 11.9. The Morgan fingerprint density at radius 1 is 1.06 bits per heavy atom. The van der Waals surface area contributed by atoms with Crippen molar-refractivity contribution in [1.29, 1.82) is 0 Å². The average molecular weight is 456 g/mol. The van der Waals surface area contributed by atoms with Crippen molar-refractivity contribution in [3.05, 3.63) is 104 Å². The van der Waals surface area contributed by atoms with Crippen molar-refractivity contribution in [2.45, 2.75) is 38.5 Å². The van der Waals surface area contributed by atoms with Gasteiger partial charge in [-0.1, -0.05) is 71.5 Å². The second-order valence-electron chi connectivity index (χ2n) is 8.55. The number of ketones is 1. The van der Waals surface area contributed by atoms with E-state index in [0.717, 1.165) is 28.1 Å². The fourth-order valence-electron chi connectivity index (χ4n) is 4.66. The number of aromatic nitrogens is 3. The van der Waals surface area contributed by atoms with Crippen LogP contribution in [0.4, 0.5) is 0 Å². The molecule has 33 heavy (non-hydrogen) atoms. The Hall–Kier alpha value is -3.58. The molecule has 0 bridgehead atoms. The molecular formula is C26H21N3O3S. The molecular weight excluding hydrogens is 434 g/mol. The first-order chi connectivity index (χ1) is 16.1. The zero-order valence-corrected chi connectivity index (χ0v) is 18.9. The first kappa shape index (κ1) is 20.1. The molecule has 2 aromatic carbocycles. The standard InChI is InChI=1S/C26H21N3O3S/c1-15-10-12-17(13-11-15)21-22-18(30)8-5-9-19(22)32-24-23(21)25(31)29-26(27-24)33-20(28-29)14-16-6-3-2-4-7-16/h2-4,6-7,10-13,21H,5,8-9,14H2,1H3. The van der Waals surface area contributed by atoms with Crippen molar-refractivity contribution in [2.75, 3.05) is 0 Å². The highest BCUT2D eigenvalue weighted by Gasteiger charge is 2.40. The molecule has 6 rings (SSSR count). The molecule has 164 valence electrons. The molecule has 3 heterocycles. The highest BCUT2D eigenvalue weighted by Crippen LogP contribution is 2.44. The lowest BCUT2D eigenvalue weighted by molar-refractivity contribution is -0.116. The number of hydrogen-bond donors (Lipinski definition) is 0. The molecule has 0 spiro atoms. The van der Waals surface area contributed by atoms with E-state index in [1.807, 2.05) is 61.5 Å². The number of hydrogen-bond acceptors (Lipinski definition) is 6. The average Bonchev–Trinajstić information content (AvgIpc) is 3.22. The SMILES string of the molecule is Cc1ccc(C2C3=C(CCCC3=O)Oc3nc4sc(Cc5ccccc5)nn4c(=O)c32)cc1. The van der Waals surface area contributed by atoms with Crippen molar-refractivity contribution < 1.29 is 9.53 Å². The number of carbonyl (C=O) groups is 1. The van der Waals surface area contributed by atoms with E-state index in [4.69, 9.17) is 9.72 Å². The van der Waals surface area contributed by atoms with E-state index in [-0.39, 0.29) is 11.3 Å². The molecule has 0 radical (unpaired) electrons. The number of allylic oxidation sites excluding steroid dienone is 2. The topological polar surface area (TPSA) is 73.6 Å². The van der Waals surface area contributed by atoms with Gasteiger partial charge in [0.1, 0.15) is 10.8 Å². The summed E-state index contributed by atoms with van der Waals surface area (Å²) in [6.45, 7) is 2.02. The van der Waals surface area contributed by atoms with Crippen LogP contribution in [0.2, 0.25) is 0 Å². The van der Waals surface area contributed by atoms with Crippen LogP contribution in [0, 0.1) is 6.92 Å². The summed E-state index contributed by atoms with van der Waals surface area (Å²) in [6, 6.07) is 18.0. The number of Topliss-reactive ketones (excluding diaryl/α,β-unsaturated/α-hetero) is 1. The summed E-state index contributed by atoms with van der Waals surface area (Å²) in [4.78, 5) is 31.9. The smallest absolute Gasteiger partial charge is 0.283 e. The molecule has 2 aliphatic rings. The minimum Gasteiger partial charge on any atom is -0.442 e. The van der Waals surface area contributed by atoms with Gasteiger partial charge in [0.05, 0.1) is 11.5 Å². The lowest BCUT2D eigenvalue weighted by Gasteiger charge is -2.31. The van der Waals surface area contributed by atoms with Gasteiger partial charge in [-0.2, -0.15) is 14.6 Å². The van der Waals surface area contributed by atoms with E-state index in [1.165, 1.54) is 15.9 Å². The third kappa shape index (κ3) is 3.40. The zero-order valence-electron chi connectivity index (χ0n) is 18.1. The van der Waals surface area contributed by atoms with Crippen LogP contribution >= 0.6 is 11.3 Å². The summed E-state index contributed by atoms with van der Waals surface area (Å²) < 4.78 is 7.48. The van der Waals surface area contributed by atoms with Gasteiger partial charge in [-0.25, -0.2) is 0 Å². The van der Waals surface area contributed by atoms with Gasteiger partial charge in [-0.3, -0.25) is 9.59 Å². The van der Waals surface area contributed by atoms with Gasteiger partial charge >= 0.3 is 0 Å². The Labute approximate surface area is 194 Å². The largest absolute Gasteiger partial charge is 0.442 e. The predicted molar refractivity (Wildman–Crippen MR) is 126 cm³/mol. The Morgan fingerprint density at radius 2 is 1.85 bits per heavy atom. The summed E-state index contributed by atoms with van der Waals surface area (Å²) in [7, 11) is 0. The number of aryl methyl sites for hydroxylation is 1. The third-order valence-corrected chi connectivity index (χ3v) is 7.18.